The SMILES string of the molecule is CONC1C=NCCC1. The largest absolute Gasteiger partial charge is 0.304 e. The maximum absolute atomic E-state index is 4.74. The summed E-state index contributed by atoms with van der Waals surface area (Å²) < 4.78 is 0. The van der Waals surface area contributed by atoms with Crippen LogP contribution in [0.15, 0.2) is 4.99 Å². The molecule has 0 fully saturated rings. The van der Waals surface area contributed by atoms with Crippen molar-refractivity contribution in [2.75, 3.05) is 13.7 Å². The molecule has 1 atom stereocenters. The van der Waals surface area contributed by atoms with Crippen LogP contribution >= 0.6 is 0 Å². The van der Waals surface area contributed by atoms with Crippen molar-refractivity contribution in [3.63, 3.8) is 0 Å². The highest BCUT2D eigenvalue weighted by Gasteiger charge is 2.06. The lowest BCUT2D eigenvalue weighted by Gasteiger charge is -2.14. The van der Waals surface area contributed by atoms with Gasteiger partial charge in [-0.1, -0.05) is 0 Å². The van der Waals surface area contributed by atoms with Gasteiger partial charge in [0.1, 0.15) is 0 Å². The van der Waals surface area contributed by atoms with Crippen molar-refractivity contribution in [3.8, 4) is 0 Å². The normalized spacial score (nSPS) is 26.6. The molecule has 0 aromatic rings. The van der Waals surface area contributed by atoms with E-state index >= 15 is 0 Å². The van der Waals surface area contributed by atoms with Gasteiger partial charge >= 0.3 is 0 Å². The zero-order chi connectivity index (χ0) is 6.53. The molecule has 1 rings (SSSR count). The third-order valence-corrected chi connectivity index (χ3v) is 1.36. The Bertz CT molecular complexity index is 103. The summed E-state index contributed by atoms with van der Waals surface area (Å²) in [6, 6.07) is 0.337. The molecular weight excluding hydrogens is 116 g/mol. The molecule has 9 heavy (non-hydrogen) atoms. The highest BCUT2D eigenvalue weighted by atomic mass is 16.6. The quantitative estimate of drug-likeness (QED) is 0.545. The second-order valence-corrected chi connectivity index (χ2v) is 2.13. The van der Waals surface area contributed by atoms with Crippen LogP contribution in [0.2, 0.25) is 0 Å². The Hall–Kier alpha value is -0.410. The molecule has 0 aliphatic carbocycles. The van der Waals surface area contributed by atoms with E-state index in [2.05, 4.69) is 10.5 Å². The Labute approximate surface area is 55.1 Å². The Morgan fingerprint density at radius 1 is 1.78 bits per heavy atom. The molecule has 1 unspecified atom stereocenters. The lowest BCUT2D eigenvalue weighted by atomic mass is 10.1. The van der Waals surface area contributed by atoms with Gasteiger partial charge in [-0.2, -0.15) is 5.48 Å². The minimum absolute atomic E-state index is 0.337. The average Bonchev–Trinajstić information content (AvgIpc) is 1.91. The second-order valence-electron chi connectivity index (χ2n) is 2.13. The molecule has 1 aliphatic heterocycles. The fourth-order valence-electron chi connectivity index (χ4n) is 0.920. The molecule has 0 radical (unpaired) electrons. The summed E-state index contributed by atoms with van der Waals surface area (Å²) >= 11 is 0. The number of nitrogens with one attached hydrogen (secondary N) is 1. The van der Waals surface area contributed by atoms with Crippen LogP contribution in [0.4, 0.5) is 0 Å². The topological polar surface area (TPSA) is 33.6 Å². The first-order valence-corrected chi connectivity index (χ1v) is 3.22. The molecule has 52 valence electrons. The maximum atomic E-state index is 4.74. The van der Waals surface area contributed by atoms with Crippen LogP contribution in [0.1, 0.15) is 12.8 Å². The molecule has 0 aromatic carbocycles. The van der Waals surface area contributed by atoms with E-state index < -0.39 is 0 Å². The van der Waals surface area contributed by atoms with Crippen molar-refractivity contribution in [2.45, 2.75) is 18.9 Å². The third kappa shape index (κ3) is 2.11. The number of hydrogen-bond acceptors (Lipinski definition) is 3. The van der Waals surface area contributed by atoms with E-state index in [1.54, 1.807) is 7.11 Å². The number of hydroxylamine groups is 1. The van der Waals surface area contributed by atoms with Crippen LogP contribution < -0.4 is 5.48 Å². The molecule has 0 saturated heterocycles. The third-order valence-electron chi connectivity index (χ3n) is 1.36. The molecule has 3 heteroatoms. The summed E-state index contributed by atoms with van der Waals surface area (Å²) in [6.07, 6.45) is 4.21. The van der Waals surface area contributed by atoms with Crippen molar-refractivity contribution in [3.05, 3.63) is 0 Å². The summed E-state index contributed by atoms with van der Waals surface area (Å²) in [5.41, 5.74) is 2.84. The predicted octanol–water partition coefficient (Wildman–Crippen LogP) is 0.371. The van der Waals surface area contributed by atoms with Gasteiger partial charge in [-0.25, -0.2) is 0 Å². The molecule has 1 N–H and O–H groups in total. The number of aliphatic imine (C=N–C) groups is 1. The standard InChI is InChI=1S/C6H12N2O/c1-9-8-6-3-2-4-7-5-6/h5-6,8H,2-4H2,1H3. The van der Waals surface area contributed by atoms with Gasteiger partial charge < -0.3 is 4.84 Å². The number of rotatable bonds is 2. The van der Waals surface area contributed by atoms with Crippen LogP contribution in [0.3, 0.4) is 0 Å². The molecule has 1 heterocycles. The van der Waals surface area contributed by atoms with Crippen LogP contribution in [0.25, 0.3) is 0 Å². The molecule has 0 bridgehead atoms. The molecule has 0 saturated carbocycles. The van der Waals surface area contributed by atoms with Crippen molar-refractivity contribution >= 4 is 6.21 Å². The first kappa shape index (κ1) is 6.71. The van der Waals surface area contributed by atoms with E-state index in [4.69, 9.17) is 4.84 Å². The van der Waals surface area contributed by atoms with Crippen molar-refractivity contribution in [1.29, 1.82) is 0 Å². The fourth-order valence-corrected chi connectivity index (χ4v) is 0.920. The van der Waals surface area contributed by atoms with Crippen molar-refractivity contribution in [2.24, 2.45) is 4.99 Å². The van der Waals surface area contributed by atoms with Gasteiger partial charge in [-0.3, -0.25) is 4.99 Å². The van der Waals surface area contributed by atoms with Crippen LogP contribution in [-0.4, -0.2) is 25.9 Å². The fraction of sp³-hybridized carbons (Fsp3) is 0.833. The lowest BCUT2D eigenvalue weighted by Crippen LogP contribution is -2.31. The average molecular weight is 128 g/mol. The van der Waals surface area contributed by atoms with E-state index in [-0.39, 0.29) is 0 Å². The van der Waals surface area contributed by atoms with Gasteiger partial charge in [0.05, 0.1) is 13.2 Å². The Balaban J connectivity index is 2.23. The molecule has 1 aliphatic rings. The lowest BCUT2D eigenvalue weighted by molar-refractivity contribution is 0.0762. The summed E-state index contributed by atoms with van der Waals surface area (Å²) in [6.45, 7) is 0.974. The second kappa shape index (κ2) is 3.58. The molecular formula is C6H12N2O. The van der Waals surface area contributed by atoms with Crippen LogP contribution in [0, 0.1) is 0 Å². The summed E-state index contributed by atoms with van der Waals surface area (Å²) in [5, 5.41) is 0. The first-order chi connectivity index (χ1) is 4.43. The number of hydrogen-bond donors (Lipinski definition) is 1. The van der Waals surface area contributed by atoms with Gasteiger partial charge in [-0.15, -0.1) is 0 Å². The monoisotopic (exact) mass is 128 g/mol. The van der Waals surface area contributed by atoms with E-state index in [1.807, 2.05) is 6.21 Å². The van der Waals surface area contributed by atoms with Gasteiger partial charge in [0.2, 0.25) is 0 Å². The van der Waals surface area contributed by atoms with Crippen molar-refractivity contribution < 1.29 is 4.84 Å². The zero-order valence-corrected chi connectivity index (χ0v) is 5.63. The van der Waals surface area contributed by atoms with Gasteiger partial charge in [-0.05, 0) is 12.8 Å². The molecule has 0 aromatic heterocycles. The highest BCUT2D eigenvalue weighted by molar-refractivity contribution is 5.64. The van der Waals surface area contributed by atoms with Crippen molar-refractivity contribution in [1.82, 2.24) is 5.48 Å². The number of nitrogens with zero attached hydrogens (tertiary/aromatic N) is 1. The van der Waals surface area contributed by atoms with E-state index in [0.29, 0.717) is 6.04 Å². The Morgan fingerprint density at radius 2 is 2.67 bits per heavy atom. The Morgan fingerprint density at radius 3 is 3.22 bits per heavy atom. The van der Waals surface area contributed by atoms with E-state index in [9.17, 15) is 0 Å². The van der Waals surface area contributed by atoms with Gasteiger partial charge in [0.15, 0.2) is 0 Å². The summed E-state index contributed by atoms with van der Waals surface area (Å²) in [5.74, 6) is 0. The van der Waals surface area contributed by atoms with Crippen LogP contribution in [0.5, 0.6) is 0 Å². The van der Waals surface area contributed by atoms with Crippen LogP contribution in [-0.2, 0) is 4.84 Å². The molecule has 3 nitrogen and oxygen atoms in total. The first-order valence-electron chi connectivity index (χ1n) is 3.22. The highest BCUT2D eigenvalue weighted by Crippen LogP contribution is 2.00. The smallest absolute Gasteiger partial charge is 0.0670 e. The summed E-state index contributed by atoms with van der Waals surface area (Å²) in [7, 11) is 1.63. The predicted molar refractivity (Wildman–Crippen MR) is 36.5 cm³/mol. The molecule has 0 spiro atoms. The molecule has 0 amide bonds. The Kier molecular flexibility index (Phi) is 2.67. The maximum Gasteiger partial charge on any atom is 0.0670 e. The van der Waals surface area contributed by atoms with E-state index in [0.717, 1.165) is 19.4 Å². The minimum Gasteiger partial charge on any atom is -0.304 e. The minimum atomic E-state index is 0.337. The summed E-state index contributed by atoms with van der Waals surface area (Å²) in [4.78, 5) is 8.85. The van der Waals surface area contributed by atoms with Gasteiger partial charge in [0.25, 0.3) is 0 Å². The van der Waals surface area contributed by atoms with Gasteiger partial charge in [0, 0.05) is 12.8 Å². The zero-order valence-electron chi connectivity index (χ0n) is 5.63. The van der Waals surface area contributed by atoms with E-state index in [1.165, 1.54) is 0 Å².